The van der Waals surface area contributed by atoms with Crippen LogP contribution in [-0.2, 0) is 10.0 Å². The molecule has 19 heavy (non-hydrogen) atoms. The van der Waals surface area contributed by atoms with Gasteiger partial charge in [-0.05, 0) is 43.5 Å². The van der Waals surface area contributed by atoms with Gasteiger partial charge < -0.3 is 0 Å². The van der Waals surface area contributed by atoms with Crippen molar-refractivity contribution < 1.29 is 8.42 Å². The maximum absolute atomic E-state index is 12.2. The molecule has 0 amide bonds. The van der Waals surface area contributed by atoms with Gasteiger partial charge in [-0.3, -0.25) is 0 Å². The second-order valence-electron chi connectivity index (χ2n) is 4.73. The summed E-state index contributed by atoms with van der Waals surface area (Å²) in [6.45, 7) is 3.22. The maximum Gasteiger partial charge on any atom is 0.253 e. The number of nitrogens with one attached hydrogen (secondary N) is 1. The molecule has 0 aromatic heterocycles. The summed E-state index contributed by atoms with van der Waals surface area (Å²) in [6, 6.07) is 6.57. The SMILES string of the molecule is Cc1cc(S(=O)(=O)NN2CCCCC2)ccc1C#N. The molecule has 2 rings (SSSR count). The predicted octanol–water partition coefficient (Wildman–Crippen LogP) is 1.55. The molecule has 1 aromatic carbocycles. The van der Waals surface area contributed by atoms with Gasteiger partial charge in [0.1, 0.15) is 0 Å². The lowest BCUT2D eigenvalue weighted by molar-refractivity contribution is 0.200. The zero-order valence-electron chi connectivity index (χ0n) is 10.9. The Balaban J connectivity index is 2.19. The highest BCUT2D eigenvalue weighted by molar-refractivity contribution is 7.89. The number of sulfonamides is 1. The first-order chi connectivity index (χ1) is 9.03. The molecule has 1 aliphatic heterocycles. The van der Waals surface area contributed by atoms with E-state index < -0.39 is 10.0 Å². The fourth-order valence-electron chi connectivity index (χ4n) is 2.14. The molecule has 0 atom stereocenters. The number of aryl methyl sites for hydroxylation is 1. The van der Waals surface area contributed by atoms with E-state index in [9.17, 15) is 8.42 Å². The highest BCUT2D eigenvalue weighted by Gasteiger charge is 2.20. The van der Waals surface area contributed by atoms with Crippen molar-refractivity contribution in [2.24, 2.45) is 0 Å². The number of hydrazine groups is 1. The third kappa shape index (κ3) is 3.32. The molecular formula is C13H17N3O2S. The smallest absolute Gasteiger partial charge is 0.230 e. The first-order valence-corrected chi connectivity index (χ1v) is 7.79. The second-order valence-corrected chi connectivity index (χ2v) is 6.39. The van der Waals surface area contributed by atoms with Crippen molar-refractivity contribution in [2.75, 3.05) is 13.1 Å². The molecule has 0 unspecified atom stereocenters. The van der Waals surface area contributed by atoms with Crippen LogP contribution in [-0.4, -0.2) is 26.5 Å². The van der Waals surface area contributed by atoms with Gasteiger partial charge in [-0.1, -0.05) is 6.42 Å². The standard InChI is InChI=1S/C13H17N3O2S/c1-11-9-13(6-5-12(11)10-14)19(17,18)15-16-7-3-2-4-8-16/h5-6,9,15H,2-4,7-8H2,1H3. The maximum atomic E-state index is 12.2. The quantitative estimate of drug-likeness (QED) is 0.911. The molecule has 0 aliphatic carbocycles. The van der Waals surface area contributed by atoms with Crippen molar-refractivity contribution in [1.82, 2.24) is 9.84 Å². The summed E-state index contributed by atoms with van der Waals surface area (Å²) in [4.78, 5) is 2.80. The number of rotatable bonds is 3. The van der Waals surface area contributed by atoms with Crippen molar-refractivity contribution in [3.05, 3.63) is 29.3 Å². The molecule has 1 heterocycles. The van der Waals surface area contributed by atoms with Gasteiger partial charge in [-0.25, -0.2) is 13.4 Å². The number of hydrogen-bond acceptors (Lipinski definition) is 4. The molecule has 1 fully saturated rings. The second kappa shape index (κ2) is 5.70. The summed E-state index contributed by atoms with van der Waals surface area (Å²) in [7, 11) is -3.54. The van der Waals surface area contributed by atoms with Gasteiger partial charge in [0.2, 0.25) is 0 Å². The van der Waals surface area contributed by atoms with Crippen LogP contribution in [0.25, 0.3) is 0 Å². The minimum atomic E-state index is -3.54. The minimum Gasteiger partial charge on any atom is -0.230 e. The number of benzene rings is 1. The van der Waals surface area contributed by atoms with E-state index in [1.165, 1.54) is 12.1 Å². The van der Waals surface area contributed by atoms with Gasteiger partial charge in [0, 0.05) is 13.1 Å². The van der Waals surface area contributed by atoms with E-state index in [0.29, 0.717) is 11.1 Å². The lowest BCUT2D eigenvalue weighted by atomic mass is 10.1. The van der Waals surface area contributed by atoms with Gasteiger partial charge in [0.15, 0.2) is 0 Å². The van der Waals surface area contributed by atoms with Crippen LogP contribution in [0.3, 0.4) is 0 Å². The fourth-order valence-corrected chi connectivity index (χ4v) is 3.34. The first-order valence-electron chi connectivity index (χ1n) is 6.31. The molecule has 6 heteroatoms. The van der Waals surface area contributed by atoms with Gasteiger partial charge in [0.25, 0.3) is 10.0 Å². The summed E-state index contributed by atoms with van der Waals surface area (Å²) in [5, 5.41) is 10.6. The van der Waals surface area contributed by atoms with Crippen LogP contribution in [0.4, 0.5) is 0 Å². The zero-order valence-corrected chi connectivity index (χ0v) is 11.7. The average molecular weight is 279 g/mol. The van der Waals surface area contributed by atoms with Crippen LogP contribution in [0.15, 0.2) is 23.1 Å². The Hall–Kier alpha value is -1.42. The Labute approximate surface area is 113 Å². The van der Waals surface area contributed by atoms with Gasteiger partial charge >= 0.3 is 0 Å². The van der Waals surface area contributed by atoms with Crippen LogP contribution < -0.4 is 4.83 Å². The number of hydrogen-bond donors (Lipinski definition) is 1. The molecule has 0 spiro atoms. The Morgan fingerprint density at radius 3 is 2.53 bits per heavy atom. The molecule has 0 saturated carbocycles. The third-order valence-corrected chi connectivity index (χ3v) is 4.61. The topological polar surface area (TPSA) is 73.2 Å². The molecule has 0 bridgehead atoms. The summed E-state index contributed by atoms with van der Waals surface area (Å²) in [6.07, 6.45) is 3.16. The Morgan fingerprint density at radius 2 is 1.95 bits per heavy atom. The molecule has 102 valence electrons. The lowest BCUT2D eigenvalue weighted by Gasteiger charge is -2.26. The van der Waals surface area contributed by atoms with Gasteiger partial charge in [-0.2, -0.15) is 5.26 Å². The van der Waals surface area contributed by atoms with Crippen molar-refractivity contribution in [3.8, 4) is 6.07 Å². The molecule has 1 saturated heterocycles. The largest absolute Gasteiger partial charge is 0.253 e. The van der Waals surface area contributed by atoms with Crippen molar-refractivity contribution in [1.29, 1.82) is 5.26 Å². The zero-order chi connectivity index (χ0) is 13.9. The van der Waals surface area contributed by atoms with Crippen LogP contribution in [0.5, 0.6) is 0 Å². The monoisotopic (exact) mass is 279 g/mol. The Bertz CT molecular complexity index is 599. The summed E-state index contributed by atoms with van der Waals surface area (Å²) < 4.78 is 24.4. The van der Waals surface area contributed by atoms with E-state index >= 15 is 0 Å². The van der Waals surface area contributed by atoms with Crippen LogP contribution in [0.1, 0.15) is 30.4 Å². The molecule has 0 radical (unpaired) electrons. The van der Waals surface area contributed by atoms with E-state index in [1.807, 2.05) is 6.07 Å². The highest BCUT2D eigenvalue weighted by atomic mass is 32.2. The molecule has 1 aromatic rings. The van der Waals surface area contributed by atoms with Crippen molar-refractivity contribution >= 4 is 10.0 Å². The molecule has 1 aliphatic rings. The predicted molar refractivity (Wildman–Crippen MR) is 71.6 cm³/mol. The summed E-state index contributed by atoms with van der Waals surface area (Å²) in [5.41, 5.74) is 1.17. The molecular weight excluding hydrogens is 262 g/mol. The van der Waals surface area contributed by atoms with Crippen LogP contribution in [0.2, 0.25) is 0 Å². The van der Waals surface area contributed by atoms with E-state index in [0.717, 1.165) is 32.4 Å². The molecule has 1 N–H and O–H groups in total. The molecule has 5 nitrogen and oxygen atoms in total. The highest BCUT2D eigenvalue weighted by Crippen LogP contribution is 2.16. The first kappa shape index (κ1) is 14.0. The lowest BCUT2D eigenvalue weighted by Crippen LogP contribution is -2.44. The van der Waals surface area contributed by atoms with Crippen molar-refractivity contribution in [3.63, 3.8) is 0 Å². The van der Waals surface area contributed by atoms with E-state index in [-0.39, 0.29) is 4.90 Å². The van der Waals surface area contributed by atoms with E-state index in [1.54, 1.807) is 18.0 Å². The van der Waals surface area contributed by atoms with E-state index in [4.69, 9.17) is 5.26 Å². The van der Waals surface area contributed by atoms with Crippen molar-refractivity contribution in [2.45, 2.75) is 31.1 Å². The summed E-state index contributed by atoms with van der Waals surface area (Å²) >= 11 is 0. The minimum absolute atomic E-state index is 0.203. The number of piperidine rings is 1. The number of nitriles is 1. The van der Waals surface area contributed by atoms with Gasteiger partial charge in [0.05, 0.1) is 16.5 Å². The van der Waals surface area contributed by atoms with Crippen LogP contribution in [0, 0.1) is 18.3 Å². The van der Waals surface area contributed by atoms with Crippen LogP contribution >= 0.6 is 0 Å². The fraction of sp³-hybridized carbons (Fsp3) is 0.462. The van der Waals surface area contributed by atoms with E-state index in [2.05, 4.69) is 4.83 Å². The Kier molecular flexibility index (Phi) is 4.20. The van der Waals surface area contributed by atoms with Gasteiger partial charge in [-0.15, -0.1) is 4.83 Å². The third-order valence-electron chi connectivity index (χ3n) is 3.23. The number of nitrogens with zero attached hydrogens (tertiary/aromatic N) is 2. The average Bonchev–Trinajstić information content (AvgIpc) is 2.39. The summed E-state index contributed by atoms with van der Waals surface area (Å²) in [5.74, 6) is 0. The Morgan fingerprint density at radius 1 is 1.26 bits per heavy atom. The normalized spacial score (nSPS) is 17.1.